The third kappa shape index (κ3) is 6.61. The molecule has 2 N–H and O–H groups in total. The minimum atomic E-state index is -0.404. The average molecular weight is 238 g/mol. The number of ether oxygens (including phenoxy) is 1. The van der Waals surface area contributed by atoms with E-state index in [9.17, 15) is 4.79 Å². The summed E-state index contributed by atoms with van der Waals surface area (Å²) < 4.78 is 5.09. The van der Waals surface area contributed by atoms with Crippen LogP contribution >= 0.6 is 15.9 Å². The van der Waals surface area contributed by atoms with E-state index in [4.69, 9.17) is 10.5 Å². The lowest BCUT2D eigenvalue weighted by molar-refractivity contribution is -0.154. The summed E-state index contributed by atoms with van der Waals surface area (Å²) in [5, 5.41) is 0. The van der Waals surface area contributed by atoms with E-state index in [0.717, 1.165) is 0 Å². The Balaban J connectivity index is 3.75. The highest BCUT2D eigenvalue weighted by molar-refractivity contribution is 9.09. The highest BCUT2D eigenvalue weighted by atomic mass is 79.9. The molecule has 0 bridgehead atoms. The van der Waals surface area contributed by atoms with Gasteiger partial charge in [-0.1, -0.05) is 15.9 Å². The van der Waals surface area contributed by atoms with Gasteiger partial charge in [0, 0.05) is 11.4 Å². The minimum Gasteiger partial charge on any atom is -0.460 e. The number of carbonyl (C=O) groups excluding carboxylic acids is 1. The van der Waals surface area contributed by atoms with Gasteiger partial charge in [0.15, 0.2) is 0 Å². The first-order valence-electron chi connectivity index (χ1n) is 3.91. The van der Waals surface area contributed by atoms with Gasteiger partial charge >= 0.3 is 5.97 Å². The molecule has 4 heteroatoms. The Morgan fingerprint density at radius 1 is 1.58 bits per heavy atom. The minimum absolute atomic E-state index is 0.0207. The number of rotatable bonds is 3. The zero-order valence-electron chi connectivity index (χ0n) is 7.76. The van der Waals surface area contributed by atoms with Gasteiger partial charge in [0.05, 0.1) is 6.42 Å². The Morgan fingerprint density at radius 3 is 2.42 bits per heavy atom. The van der Waals surface area contributed by atoms with Crippen molar-refractivity contribution in [3.8, 4) is 0 Å². The molecule has 0 aromatic heterocycles. The molecule has 1 atom stereocenters. The number of halogens is 1. The Hall–Kier alpha value is -0.0900. The summed E-state index contributed by atoms with van der Waals surface area (Å²) in [6, 6.07) is 0. The molecule has 0 saturated heterocycles. The van der Waals surface area contributed by atoms with Crippen LogP contribution < -0.4 is 5.73 Å². The lowest BCUT2D eigenvalue weighted by Crippen LogP contribution is -2.27. The monoisotopic (exact) mass is 237 g/mol. The van der Waals surface area contributed by atoms with Crippen LogP contribution in [-0.2, 0) is 9.53 Å². The Kier molecular flexibility index (Phi) is 4.78. The van der Waals surface area contributed by atoms with Crippen molar-refractivity contribution < 1.29 is 9.53 Å². The van der Waals surface area contributed by atoms with Crippen molar-refractivity contribution >= 4 is 21.9 Å². The molecule has 1 unspecified atom stereocenters. The molecule has 0 saturated carbocycles. The topological polar surface area (TPSA) is 52.3 Å². The van der Waals surface area contributed by atoms with Crippen molar-refractivity contribution in [2.75, 3.05) is 6.54 Å². The third-order valence-electron chi connectivity index (χ3n) is 1.06. The first kappa shape index (κ1) is 11.9. The summed E-state index contributed by atoms with van der Waals surface area (Å²) in [6.45, 7) is 5.98. The zero-order valence-corrected chi connectivity index (χ0v) is 9.35. The Bertz CT molecular complexity index is 154. The predicted molar refractivity (Wildman–Crippen MR) is 52.2 cm³/mol. The largest absolute Gasteiger partial charge is 0.460 e. The number of hydrogen-bond donors (Lipinski definition) is 1. The quantitative estimate of drug-likeness (QED) is 0.597. The van der Waals surface area contributed by atoms with Gasteiger partial charge in [0.1, 0.15) is 5.60 Å². The summed E-state index contributed by atoms with van der Waals surface area (Å²) in [5.74, 6) is -0.213. The first-order chi connectivity index (χ1) is 5.35. The van der Waals surface area contributed by atoms with Gasteiger partial charge in [-0.3, -0.25) is 4.79 Å². The molecule has 0 spiro atoms. The lowest BCUT2D eigenvalue weighted by Gasteiger charge is -2.20. The molecular formula is C8H16BrNO2. The van der Waals surface area contributed by atoms with Crippen LogP contribution in [0.5, 0.6) is 0 Å². The van der Waals surface area contributed by atoms with Crippen molar-refractivity contribution in [3.05, 3.63) is 0 Å². The molecule has 0 amide bonds. The van der Waals surface area contributed by atoms with E-state index in [0.29, 0.717) is 13.0 Å². The zero-order chi connectivity index (χ0) is 9.78. The van der Waals surface area contributed by atoms with Crippen molar-refractivity contribution in [2.45, 2.75) is 37.6 Å². The highest BCUT2D eigenvalue weighted by Crippen LogP contribution is 2.11. The maximum atomic E-state index is 11.1. The van der Waals surface area contributed by atoms with Gasteiger partial charge < -0.3 is 10.5 Å². The van der Waals surface area contributed by atoms with Crippen LogP contribution in [0.15, 0.2) is 0 Å². The van der Waals surface area contributed by atoms with Crippen LogP contribution in [0.1, 0.15) is 27.2 Å². The summed E-state index contributed by atoms with van der Waals surface area (Å²) in [7, 11) is 0. The summed E-state index contributed by atoms with van der Waals surface area (Å²) in [4.78, 5) is 11.1. The normalized spacial score (nSPS) is 14.1. The first-order valence-corrected chi connectivity index (χ1v) is 4.82. The van der Waals surface area contributed by atoms with Crippen LogP contribution in [0.2, 0.25) is 0 Å². The maximum Gasteiger partial charge on any atom is 0.307 e. The van der Waals surface area contributed by atoms with E-state index in [-0.39, 0.29) is 10.8 Å². The standard InChI is InChI=1S/C8H16BrNO2/c1-8(2,3)12-7(11)4-6(9)5-10/h6H,4-5,10H2,1-3H3. The smallest absolute Gasteiger partial charge is 0.307 e. The molecule has 0 radical (unpaired) electrons. The van der Waals surface area contributed by atoms with Crippen molar-refractivity contribution in [1.82, 2.24) is 0 Å². The molecule has 0 heterocycles. The molecule has 72 valence electrons. The van der Waals surface area contributed by atoms with Crippen LogP contribution in [0, 0.1) is 0 Å². The number of alkyl halides is 1. The molecule has 0 aliphatic carbocycles. The van der Waals surface area contributed by atoms with Crippen LogP contribution in [0.25, 0.3) is 0 Å². The second-order valence-corrected chi connectivity index (χ2v) is 4.92. The maximum absolute atomic E-state index is 11.1. The second-order valence-electron chi connectivity index (χ2n) is 3.62. The lowest BCUT2D eigenvalue weighted by atomic mass is 10.2. The van der Waals surface area contributed by atoms with Gasteiger partial charge in [0.2, 0.25) is 0 Å². The fourth-order valence-electron chi connectivity index (χ4n) is 0.647. The van der Waals surface area contributed by atoms with E-state index in [1.54, 1.807) is 0 Å². The van der Waals surface area contributed by atoms with Crippen LogP contribution in [0.3, 0.4) is 0 Å². The van der Waals surface area contributed by atoms with E-state index < -0.39 is 5.60 Å². The molecule has 0 aromatic rings. The van der Waals surface area contributed by atoms with Crippen LogP contribution in [-0.4, -0.2) is 22.9 Å². The van der Waals surface area contributed by atoms with Gasteiger partial charge in [0.25, 0.3) is 0 Å². The number of esters is 1. The molecule has 12 heavy (non-hydrogen) atoms. The van der Waals surface area contributed by atoms with Crippen LogP contribution in [0.4, 0.5) is 0 Å². The summed E-state index contributed by atoms with van der Waals surface area (Å²) >= 11 is 3.26. The van der Waals surface area contributed by atoms with Crippen molar-refractivity contribution in [2.24, 2.45) is 5.73 Å². The van der Waals surface area contributed by atoms with Gasteiger partial charge in [-0.25, -0.2) is 0 Å². The Morgan fingerprint density at radius 2 is 2.08 bits per heavy atom. The third-order valence-corrected chi connectivity index (χ3v) is 1.76. The fraction of sp³-hybridized carbons (Fsp3) is 0.875. The number of hydrogen-bond acceptors (Lipinski definition) is 3. The van der Waals surface area contributed by atoms with Gasteiger partial charge in [-0.2, -0.15) is 0 Å². The Labute approximate surface area is 81.8 Å². The molecule has 0 aliphatic heterocycles. The summed E-state index contributed by atoms with van der Waals surface area (Å²) in [5.41, 5.74) is 4.93. The average Bonchev–Trinajstić information content (AvgIpc) is 1.82. The number of carbonyl (C=O) groups is 1. The van der Waals surface area contributed by atoms with E-state index >= 15 is 0 Å². The van der Waals surface area contributed by atoms with Crippen molar-refractivity contribution in [3.63, 3.8) is 0 Å². The summed E-state index contributed by atoms with van der Waals surface area (Å²) in [6.07, 6.45) is 0.327. The van der Waals surface area contributed by atoms with E-state index in [1.807, 2.05) is 20.8 Å². The highest BCUT2D eigenvalue weighted by Gasteiger charge is 2.18. The molecule has 0 aliphatic rings. The predicted octanol–water partition coefficient (Wildman–Crippen LogP) is 1.44. The van der Waals surface area contributed by atoms with Gasteiger partial charge in [-0.15, -0.1) is 0 Å². The second kappa shape index (κ2) is 4.82. The van der Waals surface area contributed by atoms with Gasteiger partial charge in [-0.05, 0) is 20.8 Å². The molecule has 3 nitrogen and oxygen atoms in total. The van der Waals surface area contributed by atoms with Crippen molar-refractivity contribution in [1.29, 1.82) is 0 Å². The molecule has 0 aromatic carbocycles. The van der Waals surface area contributed by atoms with E-state index in [2.05, 4.69) is 15.9 Å². The molecule has 0 fully saturated rings. The molecule has 0 rings (SSSR count). The number of nitrogens with two attached hydrogens (primary N) is 1. The SMILES string of the molecule is CC(C)(C)OC(=O)CC(Br)CN. The molecular weight excluding hydrogens is 222 g/mol. The van der Waals surface area contributed by atoms with E-state index in [1.165, 1.54) is 0 Å². The fourth-order valence-corrected chi connectivity index (χ4v) is 0.912.